The number of imidazole rings is 1. The number of fused-ring (bicyclic) bond motifs is 4. The van der Waals surface area contributed by atoms with Gasteiger partial charge in [0.2, 0.25) is 0 Å². The second-order valence-corrected chi connectivity index (χ2v) is 19.9. The molecule has 0 bridgehead atoms. The first kappa shape index (κ1) is 43.8. The summed E-state index contributed by atoms with van der Waals surface area (Å²) in [6, 6.07) is 44.2. The van der Waals surface area contributed by atoms with Crippen molar-refractivity contribution in [1.29, 1.82) is 0 Å². The van der Waals surface area contributed by atoms with E-state index < -0.39 is 0 Å². The molecule has 0 aliphatic heterocycles. The van der Waals surface area contributed by atoms with E-state index in [0.717, 1.165) is 56.0 Å². The standard InChI is InChI=1S/C60H64N4O/c1-35(2)42-29-51(37(5)6)60(52(30-42)38(7)8)41-25-26-61-57(31-41)64-54-19-15-13-17-49(54)50-22-21-45(33-56(50)64)65-46-28-43(27-44(32-46)63-34-62-53-18-14-16-20-55(53)63)48-24-23-47(36(3)4)58(39(9)10)59(48)40(11)12/h13-40H,1-12H3. The summed E-state index contributed by atoms with van der Waals surface area (Å²) in [6.45, 7) is 27.8. The van der Waals surface area contributed by atoms with Crippen LogP contribution in [0.3, 0.4) is 0 Å². The maximum absolute atomic E-state index is 7.07. The first-order valence-corrected chi connectivity index (χ1v) is 23.8. The molecule has 5 nitrogen and oxygen atoms in total. The molecule has 5 heteroatoms. The summed E-state index contributed by atoms with van der Waals surface area (Å²) in [6.07, 6.45) is 3.91. The lowest BCUT2D eigenvalue weighted by molar-refractivity contribution is 0.483. The van der Waals surface area contributed by atoms with Gasteiger partial charge in [-0.25, -0.2) is 9.97 Å². The lowest BCUT2D eigenvalue weighted by atomic mass is 9.79. The van der Waals surface area contributed by atoms with Crippen molar-refractivity contribution in [2.75, 3.05) is 0 Å². The van der Waals surface area contributed by atoms with Crippen molar-refractivity contribution in [3.63, 3.8) is 0 Å². The highest BCUT2D eigenvalue weighted by molar-refractivity contribution is 6.09. The molecule has 0 atom stereocenters. The fraction of sp³-hybridized carbons (Fsp3) is 0.300. The van der Waals surface area contributed by atoms with Crippen molar-refractivity contribution in [3.05, 3.63) is 167 Å². The summed E-state index contributed by atoms with van der Waals surface area (Å²) in [7, 11) is 0. The average molecular weight is 857 g/mol. The monoisotopic (exact) mass is 857 g/mol. The Hall–Kier alpha value is -6.46. The van der Waals surface area contributed by atoms with Crippen LogP contribution in [0.2, 0.25) is 0 Å². The van der Waals surface area contributed by atoms with Gasteiger partial charge in [0.1, 0.15) is 23.6 Å². The first-order valence-electron chi connectivity index (χ1n) is 23.8. The summed E-state index contributed by atoms with van der Waals surface area (Å²) in [5, 5.41) is 2.33. The SMILES string of the molecule is CC(C)c1cc(C(C)C)c(-c2ccnc(-n3c4ccccc4c4ccc(Oc5cc(-c6ccc(C(C)C)c(C(C)C)c6C(C)C)cc(-n6cnc7ccccc76)c5)cc43)c2)c(C(C)C)c1. The van der Waals surface area contributed by atoms with Crippen LogP contribution in [0, 0.1) is 0 Å². The molecule has 0 unspecified atom stereocenters. The molecule has 330 valence electrons. The number of aromatic nitrogens is 4. The van der Waals surface area contributed by atoms with E-state index in [0.29, 0.717) is 35.5 Å². The average Bonchev–Trinajstić information content (AvgIpc) is 3.87. The number of ether oxygens (including phenoxy) is 1. The maximum atomic E-state index is 7.07. The Morgan fingerprint density at radius 2 is 1.12 bits per heavy atom. The Morgan fingerprint density at radius 1 is 0.462 bits per heavy atom. The molecule has 0 N–H and O–H groups in total. The van der Waals surface area contributed by atoms with Crippen LogP contribution in [-0.4, -0.2) is 19.1 Å². The van der Waals surface area contributed by atoms with Crippen molar-refractivity contribution in [3.8, 4) is 45.3 Å². The van der Waals surface area contributed by atoms with Crippen LogP contribution in [0.15, 0.2) is 134 Å². The zero-order valence-electron chi connectivity index (χ0n) is 40.4. The van der Waals surface area contributed by atoms with E-state index in [1.807, 2.05) is 18.6 Å². The van der Waals surface area contributed by atoms with E-state index >= 15 is 0 Å². The van der Waals surface area contributed by atoms with Crippen molar-refractivity contribution in [1.82, 2.24) is 19.1 Å². The van der Waals surface area contributed by atoms with E-state index in [2.05, 4.69) is 207 Å². The smallest absolute Gasteiger partial charge is 0.138 e. The molecule has 0 aliphatic carbocycles. The van der Waals surface area contributed by atoms with Crippen LogP contribution in [0.4, 0.5) is 0 Å². The van der Waals surface area contributed by atoms with Gasteiger partial charge in [0.25, 0.3) is 0 Å². The van der Waals surface area contributed by atoms with Crippen molar-refractivity contribution >= 4 is 32.8 Å². The van der Waals surface area contributed by atoms with E-state index in [4.69, 9.17) is 14.7 Å². The van der Waals surface area contributed by atoms with E-state index in [9.17, 15) is 0 Å². The molecular formula is C60H64N4O. The summed E-state index contributed by atoms with van der Waals surface area (Å²) < 4.78 is 11.6. The Morgan fingerprint density at radius 3 is 1.80 bits per heavy atom. The minimum atomic E-state index is 0.327. The predicted octanol–water partition coefficient (Wildman–Crippen LogP) is 17.4. The van der Waals surface area contributed by atoms with Gasteiger partial charge in [0.05, 0.1) is 27.8 Å². The lowest BCUT2D eigenvalue weighted by Crippen LogP contribution is -2.07. The highest BCUT2D eigenvalue weighted by atomic mass is 16.5. The molecule has 3 aromatic heterocycles. The van der Waals surface area contributed by atoms with Crippen molar-refractivity contribution in [2.24, 2.45) is 0 Å². The summed E-state index contributed by atoms with van der Waals surface area (Å²) in [5.41, 5.74) is 18.5. The highest BCUT2D eigenvalue weighted by Crippen LogP contribution is 2.44. The number of rotatable bonds is 12. The fourth-order valence-corrected chi connectivity index (χ4v) is 10.2. The van der Waals surface area contributed by atoms with Crippen LogP contribution in [0.5, 0.6) is 11.5 Å². The summed E-state index contributed by atoms with van der Waals surface area (Å²) >= 11 is 0. The number of hydrogen-bond acceptors (Lipinski definition) is 3. The van der Waals surface area contributed by atoms with Crippen molar-refractivity contribution in [2.45, 2.75) is 119 Å². The quantitative estimate of drug-likeness (QED) is 0.123. The van der Waals surface area contributed by atoms with E-state index in [-0.39, 0.29) is 0 Å². The van der Waals surface area contributed by atoms with Crippen LogP contribution >= 0.6 is 0 Å². The predicted molar refractivity (Wildman–Crippen MR) is 275 cm³/mol. The number of pyridine rings is 1. The van der Waals surface area contributed by atoms with Gasteiger partial charge in [-0.15, -0.1) is 0 Å². The van der Waals surface area contributed by atoms with Crippen molar-refractivity contribution < 1.29 is 4.74 Å². The summed E-state index contributed by atoms with van der Waals surface area (Å²) in [4.78, 5) is 9.89. The van der Waals surface area contributed by atoms with Crippen LogP contribution < -0.4 is 4.74 Å². The molecule has 65 heavy (non-hydrogen) atoms. The van der Waals surface area contributed by atoms with E-state index in [1.165, 1.54) is 55.5 Å². The Bertz CT molecular complexity index is 3180. The number of para-hydroxylation sites is 3. The molecule has 0 fully saturated rings. The molecule has 0 saturated carbocycles. The normalized spacial score (nSPS) is 12.2. The van der Waals surface area contributed by atoms with Gasteiger partial charge in [-0.2, -0.15) is 0 Å². The van der Waals surface area contributed by atoms with Gasteiger partial charge < -0.3 is 4.74 Å². The van der Waals surface area contributed by atoms with Crippen LogP contribution in [-0.2, 0) is 0 Å². The van der Waals surface area contributed by atoms with Gasteiger partial charge in [-0.1, -0.05) is 138 Å². The molecule has 0 amide bonds. The molecule has 0 radical (unpaired) electrons. The Labute approximate surface area is 386 Å². The second-order valence-electron chi connectivity index (χ2n) is 19.9. The third-order valence-electron chi connectivity index (χ3n) is 13.3. The minimum absolute atomic E-state index is 0.327. The van der Waals surface area contributed by atoms with Gasteiger partial charge >= 0.3 is 0 Å². The minimum Gasteiger partial charge on any atom is -0.457 e. The third kappa shape index (κ3) is 8.04. The Kier molecular flexibility index (Phi) is 11.8. The second kappa shape index (κ2) is 17.5. The molecule has 9 aromatic rings. The number of hydrogen-bond donors (Lipinski definition) is 0. The van der Waals surface area contributed by atoms with Gasteiger partial charge in [0.15, 0.2) is 0 Å². The fourth-order valence-electron chi connectivity index (χ4n) is 10.2. The largest absolute Gasteiger partial charge is 0.457 e. The van der Waals surface area contributed by atoms with Crippen LogP contribution in [0.1, 0.15) is 152 Å². The molecule has 3 heterocycles. The zero-order chi connectivity index (χ0) is 45.8. The molecule has 0 aliphatic rings. The molecule has 0 saturated heterocycles. The lowest BCUT2D eigenvalue weighted by Gasteiger charge is -2.26. The van der Waals surface area contributed by atoms with E-state index in [1.54, 1.807) is 0 Å². The molecule has 9 rings (SSSR count). The van der Waals surface area contributed by atoms with Gasteiger partial charge in [-0.3, -0.25) is 9.13 Å². The third-order valence-corrected chi connectivity index (χ3v) is 13.3. The molecule has 6 aromatic carbocycles. The topological polar surface area (TPSA) is 44.9 Å². The molecular weight excluding hydrogens is 793 g/mol. The first-order chi connectivity index (χ1) is 31.2. The van der Waals surface area contributed by atoms with Gasteiger partial charge in [-0.05, 0) is 146 Å². The van der Waals surface area contributed by atoms with Crippen LogP contribution in [0.25, 0.3) is 66.6 Å². The Balaban J connectivity index is 1.22. The molecule has 0 spiro atoms. The number of nitrogens with zero attached hydrogens (tertiary/aromatic N) is 4. The zero-order valence-corrected chi connectivity index (χ0v) is 40.4. The highest BCUT2D eigenvalue weighted by Gasteiger charge is 2.24. The summed E-state index contributed by atoms with van der Waals surface area (Å²) in [5.74, 6) is 4.72. The maximum Gasteiger partial charge on any atom is 0.138 e. The van der Waals surface area contributed by atoms with Gasteiger partial charge in [0, 0.05) is 29.1 Å². The number of benzene rings is 6.